The number of nitrogens with two attached hydrogens (primary N) is 1. The molecule has 0 radical (unpaired) electrons. The van der Waals surface area contributed by atoms with Crippen LogP contribution in [0.25, 0.3) is 5.70 Å². The van der Waals surface area contributed by atoms with Crippen molar-refractivity contribution >= 4 is 27.6 Å². The number of halogens is 3. The Balaban J connectivity index is 2.50. The van der Waals surface area contributed by atoms with Crippen molar-refractivity contribution in [3.8, 4) is 0 Å². The van der Waals surface area contributed by atoms with Crippen molar-refractivity contribution in [2.45, 2.75) is 13.0 Å². The highest BCUT2D eigenvalue weighted by Gasteiger charge is 2.30. The van der Waals surface area contributed by atoms with Crippen LogP contribution in [0.15, 0.2) is 28.8 Å². The maximum absolute atomic E-state index is 13.0. The van der Waals surface area contributed by atoms with Gasteiger partial charge < -0.3 is 20.3 Å². The Labute approximate surface area is 127 Å². The van der Waals surface area contributed by atoms with Crippen LogP contribution in [0.2, 0.25) is 0 Å². The van der Waals surface area contributed by atoms with Gasteiger partial charge in [0.2, 0.25) is 0 Å². The maximum Gasteiger partial charge on any atom is 0.312 e. The van der Waals surface area contributed by atoms with Crippen LogP contribution in [-0.2, 0) is 11.3 Å². The lowest BCUT2D eigenvalue weighted by molar-refractivity contribution is -0.140. The molecule has 1 unspecified atom stereocenters. The van der Waals surface area contributed by atoms with E-state index in [0.29, 0.717) is 10.4 Å². The van der Waals surface area contributed by atoms with Gasteiger partial charge in [0.05, 0.1) is 17.8 Å². The van der Waals surface area contributed by atoms with Crippen LogP contribution in [0.5, 0.6) is 0 Å². The van der Waals surface area contributed by atoms with E-state index >= 15 is 0 Å². The molecule has 0 saturated carbocycles. The van der Waals surface area contributed by atoms with Gasteiger partial charge in [-0.15, -0.1) is 0 Å². The van der Waals surface area contributed by atoms with E-state index in [1.807, 2.05) is 0 Å². The van der Waals surface area contributed by atoms with E-state index in [1.54, 1.807) is 4.57 Å². The number of aliphatic carboxylic acids is 1. The molecule has 1 aromatic rings. The Morgan fingerprint density at radius 3 is 2.90 bits per heavy atom. The van der Waals surface area contributed by atoms with E-state index in [4.69, 9.17) is 5.73 Å². The van der Waals surface area contributed by atoms with Crippen LogP contribution < -0.4 is 5.73 Å². The second-order valence-electron chi connectivity index (χ2n) is 4.46. The van der Waals surface area contributed by atoms with Crippen molar-refractivity contribution in [1.82, 2.24) is 14.5 Å². The molecule has 6 nitrogen and oxygen atoms in total. The van der Waals surface area contributed by atoms with Gasteiger partial charge in [-0.3, -0.25) is 4.79 Å². The SMILES string of the molecule is CN(C1=CC(C(=O)O)Cn2c(Br)cnc21)/C(=C\N)C(F)F. The van der Waals surface area contributed by atoms with Gasteiger partial charge in [-0.05, 0) is 22.0 Å². The molecule has 3 N–H and O–H groups in total. The van der Waals surface area contributed by atoms with Crippen LogP contribution >= 0.6 is 15.9 Å². The molecule has 1 atom stereocenters. The van der Waals surface area contributed by atoms with Gasteiger partial charge in [0, 0.05) is 19.8 Å². The number of allylic oxidation sites excluding steroid dienone is 1. The number of carboxylic acids is 1. The standard InChI is InChI=1S/C12H13BrF2N4O2/c1-18(8(3-16)10(14)15)7-2-6(12(20)21)5-19-9(13)4-17-11(7)19/h2-4,6,10H,5,16H2,1H3,(H,20,21)/b8-3-. The van der Waals surface area contributed by atoms with Crippen LogP contribution in [0.3, 0.4) is 0 Å². The van der Waals surface area contributed by atoms with Crippen LogP contribution in [0, 0.1) is 5.92 Å². The predicted molar refractivity (Wildman–Crippen MR) is 75.1 cm³/mol. The molecule has 2 heterocycles. The summed E-state index contributed by atoms with van der Waals surface area (Å²) in [6.07, 6.45) is 0.925. The van der Waals surface area contributed by atoms with Gasteiger partial charge in [0.1, 0.15) is 10.3 Å². The van der Waals surface area contributed by atoms with Crippen LogP contribution in [-0.4, -0.2) is 39.0 Å². The first-order valence-electron chi connectivity index (χ1n) is 5.96. The van der Waals surface area contributed by atoms with Gasteiger partial charge in [-0.1, -0.05) is 0 Å². The number of imidazole rings is 1. The molecule has 1 aliphatic rings. The van der Waals surface area contributed by atoms with Crippen LogP contribution in [0.1, 0.15) is 5.82 Å². The molecule has 1 aromatic heterocycles. The quantitative estimate of drug-likeness (QED) is 0.851. The highest BCUT2D eigenvalue weighted by atomic mass is 79.9. The molecule has 0 bridgehead atoms. The maximum atomic E-state index is 13.0. The summed E-state index contributed by atoms with van der Waals surface area (Å²) in [5.74, 6) is -1.47. The molecule has 0 fully saturated rings. The summed E-state index contributed by atoms with van der Waals surface area (Å²) >= 11 is 3.26. The van der Waals surface area contributed by atoms with Crippen LogP contribution in [0.4, 0.5) is 8.78 Å². The molecular weight excluding hydrogens is 350 g/mol. The van der Waals surface area contributed by atoms with Crippen molar-refractivity contribution in [3.63, 3.8) is 0 Å². The van der Waals surface area contributed by atoms with Gasteiger partial charge in [0.25, 0.3) is 6.43 Å². The highest BCUT2D eigenvalue weighted by Crippen LogP contribution is 2.32. The first-order valence-corrected chi connectivity index (χ1v) is 6.75. The first-order chi connectivity index (χ1) is 9.86. The third kappa shape index (κ3) is 2.78. The molecule has 9 heteroatoms. The molecular formula is C12H13BrF2N4O2. The first kappa shape index (κ1) is 15.5. The summed E-state index contributed by atoms with van der Waals surface area (Å²) in [7, 11) is 1.40. The average molecular weight is 363 g/mol. The molecule has 114 valence electrons. The molecule has 2 rings (SSSR count). The van der Waals surface area contributed by atoms with Gasteiger partial charge in [-0.2, -0.15) is 0 Å². The Hall–Kier alpha value is -1.90. The minimum absolute atomic E-state index is 0.180. The fourth-order valence-corrected chi connectivity index (χ4v) is 2.54. The van der Waals surface area contributed by atoms with E-state index in [-0.39, 0.29) is 12.2 Å². The third-order valence-corrected chi connectivity index (χ3v) is 3.87. The van der Waals surface area contributed by atoms with E-state index in [2.05, 4.69) is 20.9 Å². The summed E-state index contributed by atoms with van der Waals surface area (Å²) in [4.78, 5) is 16.5. The Kier molecular flexibility index (Phi) is 4.31. The lowest BCUT2D eigenvalue weighted by Gasteiger charge is -2.29. The van der Waals surface area contributed by atoms with E-state index in [9.17, 15) is 18.7 Å². The van der Waals surface area contributed by atoms with E-state index < -0.39 is 24.0 Å². The summed E-state index contributed by atoms with van der Waals surface area (Å²) < 4.78 is 28.1. The van der Waals surface area contributed by atoms with Gasteiger partial charge in [0.15, 0.2) is 5.82 Å². The van der Waals surface area contributed by atoms with E-state index in [0.717, 1.165) is 11.1 Å². The number of aromatic nitrogens is 2. The summed E-state index contributed by atoms with van der Waals surface area (Å²) in [6.45, 7) is 0.180. The van der Waals surface area contributed by atoms with Crippen molar-refractivity contribution in [1.29, 1.82) is 0 Å². The summed E-state index contributed by atoms with van der Waals surface area (Å²) in [5.41, 5.74) is 5.09. The Morgan fingerprint density at radius 2 is 2.38 bits per heavy atom. The number of fused-ring (bicyclic) bond motifs is 1. The lowest BCUT2D eigenvalue weighted by atomic mass is 10.0. The molecule has 0 aliphatic carbocycles. The fraction of sp³-hybridized carbons (Fsp3) is 0.333. The molecule has 0 spiro atoms. The summed E-state index contributed by atoms with van der Waals surface area (Å²) in [6, 6.07) is 0. The van der Waals surface area contributed by atoms with Crippen molar-refractivity contribution in [2.75, 3.05) is 7.05 Å². The zero-order valence-electron chi connectivity index (χ0n) is 11.0. The smallest absolute Gasteiger partial charge is 0.312 e. The number of carbonyl (C=O) groups is 1. The summed E-state index contributed by atoms with van der Waals surface area (Å²) in [5, 5.41) is 9.20. The molecule has 0 amide bonds. The minimum Gasteiger partial charge on any atom is -0.481 e. The highest BCUT2D eigenvalue weighted by molar-refractivity contribution is 9.10. The number of nitrogens with zero attached hydrogens (tertiary/aromatic N) is 3. The average Bonchev–Trinajstić information content (AvgIpc) is 2.79. The molecule has 0 aromatic carbocycles. The zero-order chi connectivity index (χ0) is 15.7. The molecule has 21 heavy (non-hydrogen) atoms. The Morgan fingerprint density at radius 1 is 1.71 bits per heavy atom. The topological polar surface area (TPSA) is 84.4 Å². The zero-order valence-corrected chi connectivity index (χ0v) is 12.6. The fourth-order valence-electron chi connectivity index (χ4n) is 2.13. The second-order valence-corrected chi connectivity index (χ2v) is 5.28. The van der Waals surface area contributed by atoms with Crippen molar-refractivity contribution in [3.05, 3.63) is 34.6 Å². The number of alkyl halides is 2. The number of hydrogen-bond donors (Lipinski definition) is 2. The van der Waals surface area contributed by atoms with Gasteiger partial charge >= 0.3 is 5.97 Å². The second kappa shape index (κ2) is 5.84. The van der Waals surface area contributed by atoms with E-state index in [1.165, 1.54) is 19.3 Å². The van der Waals surface area contributed by atoms with Crippen molar-refractivity contribution < 1.29 is 18.7 Å². The van der Waals surface area contributed by atoms with Gasteiger partial charge in [-0.25, -0.2) is 13.8 Å². The Bertz CT molecular complexity index is 627. The normalized spacial score (nSPS) is 18.4. The number of rotatable bonds is 4. The lowest BCUT2D eigenvalue weighted by Crippen LogP contribution is -2.30. The predicted octanol–water partition coefficient (Wildman–Crippen LogP) is 1.70. The molecule has 0 saturated heterocycles. The number of carboxylic acid groups (broad SMARTS) is 1. The minimum atomic E-state index is -2.78. The monoisotopic (exact) mass is 362 g/mol. The largest absolute Gasteiger partial charge is 0.481 e. The number of hydrogen-bond acceptors (Lipinski definition) is 4. The molecule has 1 aliphatic heterocycles. The van der Waals surface area contributed by atoms with Crippen molar-refractivity contribution in [2.24, 2.45) is 11.7 Å². The third-order valence-electron chi connectivity index (χ3n) is 3.23.